The second-order valence-electron chi connectivity index (χ2n) is 5.58. The second-order valence-corrected chi connectivity index (χ2v) is 5.58. The van der Waals surface area contributed by atoms with Gasteiger partial charge in [-0.25, -0.2) is 0 Å². The predicted molar refractivity (Wildman–Crippen MR) is 77.1 cm³/mol. The fourth-order valence-electron chi connectivity index (χ4n) is 3.35. The summed E-state index contributed by atoms with van der Waals surface area (Å²) in [6.45, 7) is 0.567. The predicted octanol–water partition coefficient (Wildman–Crippen LogP) is 0.653. The van der Waals surface area contributed by atoms with Gasteiger partial charge in [0.1, 0.15) is 0 Å². The molecule has 2 saturated heterocycles. The average molecular weight is 303 g/mol. The van der Waals surface area contributed by atoms with E-state index >= 15 is 0 Å². The van der Waals surface area contributed by atoms with E-state index in [1.165, 1.54) is 0 Å². The summed E-state index contributed by atoms with van der Waals surface area (Å²) in [5, 5.41) is 8.69. The number of carboxylic acid groups (broad SMARTS) is 1. The molecule has 2 fully saturated rings. The highest BCUT2D eigenvalue weighted by atomic mass is 16.4. The van der Waals surface area contributed by atoms with Gasteiger partial charge in [0.05, 0.1) is 30.4 Å². The van der Waals surface area contributed by atoms with Gasteiger partial charge in [0.25, 0.3) is 0 Å². The molecule has 7 heteroatoms. The molecule has 3 heterocycles. The maximum atomic E-state index is 12.3. The lowest BCUT2D eigenvalue weighted by Crippen LogP contribution is -2.40. The number of pyridine rings is 1. The largest absolute Gasteiger partial charge is 0.481 e. The van der Waals surface area contributed by atoms with Gasteiger partial charge in [-0.15, -0.1) is 0 Å². The van der Waals surface area contributed by atoms with Crippen LogP contribution >= 0.6 is 0 Å². The smallest absolute Gasteiger partial charge is 0.303 e. The third-order valence-corrected chi connectivity index (χ3v) is 4.29. The van der Waals surface area contributed by atoms with Gasteiger partial charge in [-0.2, -0.15) is 0 Å². The number of likely N-dealkylation sites (tertiary alicyclic amines) is 1. The van der Waals surface area contributed by atoms with E-state index < -0.39 is 5.97 Å². The number of fused-ring (bicyclic) bond motifs is 1. The molecule has 0 saturated carbocycles. The first kappa shape index (κ1) is 14.5. The summed E-state index contributed by atoms with van der Waals surface area (Å²) in [4.78, 5) is 42.5. The Kier molecular flexibility index (Phi) is 3.79. The standard InChI is InChI=1S/C15H17N3O4/c19-13(3-4-15(21)22)17-7-5-11-12(17)8-14(20)18(11)10-2-1-6-16-9-10/h1-2,6,9,11-12H,3-5,7-8H2,(H,21,22)/t11-,12-/m1/s1. The average Bonchev–Trinajstić information content (AvgIpc) is 3.03. The molecular formula is C15H17N3O4. The molecular weight excluding hydrogens is 286 g/mol. The van der Waals surface area contributed by atoms with Crippen molar-refractivity contribution in [1.82, 2.24) is 9.88 Å². The molecule has 0 unspecified atom stereocenters. The third-order valence-electron chi connectivity index (χ3n) is 4.29. The van der Waals surface area contributed by atoms with Crippen molar-refractivity contribution in [2.45, 2.75) is 37.8 Å². The first-order valence-electron chi connectivity index (χ1n) is 7.31. The van der Waals surface area contributed by atoms with Gasteiger partial charge in [0, 0.05) is 25.6 Å². The zero-order valence-electron chi connectivity index (χ0n) is 12.0. The van der Waals surface area contributed by atoms with E-state index in [4.69, 9.17) is 5.11 Å². The van der Waals surface area contributed by atoms with Crippen LogP contribution in [-0.4, -0.2) is 51.4 Å². The van der Waals surface area contributed by atoms with Crippen LogP contribution in [0.1, 0.15) is 25.7 Å². The monoisotopic (exact) mass is 303 g/mol. The lowest BCUT2D eigenvalue weighted by atomic mass is 10.1. The lowest BCUT2D eigenvalue weighted by molar-refractivity contribution is -0.141. The molecule has 0 aliphatic carbocycles. The van der Waals surface area contributed by atoms with Crippen LogP contribution in [-0.2, 0) is 14.4 Å². The van der Waals surface area contributed by atoms with Gasteiger partial charge < -0.3 is 14.9 Å². The molecule has 0 radical (unpaired) electrons. The normalized spacial score (nSPS) is 23.7. The maximum Gasteiger partial charge on any atom is 0.303 e. The molecule has 0 spiro atoms. The van der Waals surface area contributed by atoms with Crippen molar-refractivity contribution < 1.29 is 19.5 Å². The molecule has 0 aromatic carbocycles. The Morgan fingerprint density at radius 2 is 2.14 bits per heavy atom. The topological polar surface area (TPSA) is 90.8 Å². The molecule has 1 aromatic rings. The van der Waals surface area contributed by atoms with Crippen molar-refractivity contribution in [3.63, 3.8) is 0 Å². The number of nitrogens with zero attached hydrogens (tertiary/aromatic N) is 3. The molecule has 2 aliphatic rings. The molecule has 1 N–H and O–H groups in total. The van der Waals surface area contributed by atoms with Gasteiger partial charge in [-0.3, -0.25) is 19.4 Å². The molecule has 2 amide bonds. The van der Waals surface area contributed by atoms with Crippen LogP contribution in [0.4, 0.5) is 5.69 Å². The summed E-state index contributed by atoms with van der Waals surface area (Å²) in [6, 6.07) is 3.42. The summed E-state index contributed by atoms with van der Waals surface area (Å²) >= 11 is 0. The summed E-state index contributed by atoms with van der Waals surface area (Å²) in [6.07, 6.45) is 4.11. The lowest BCUT2D eigenvalue weighted by Gasteiger charge is -2.25. The number of carboxylic acids is 1. The van der Waals surface area contributed by atoms with Crippen molar-refractivity contribution in [3.05, 3.63) is 24.5 Å². The second kappa shape index (κ2) is 5.75. The van der Waals surface area contributed by atoms with Crippen LogP contribution in [0.15, 0.2) is 24.5 Å². The SMILES string of the molecule is O=C(O)CCC(=O)N1CC[C@@H]2[C@H]1CC(=O)N2c1cccnc1. The molecule has 3 rings (SSSR count). The Balaban J connectivity index is 1.74. The van der Waals surface area contributed by atoms with Crippen molar-refractivity contribution in [3.8, 4) is 0 Å². The van der Waals surface area contributed by atoms with Gasteiger partial charge in [0.2, 0.25) is 11.8 Å². The van der Waals surface area contributed by atoms with Crippen LogP contribution in [0, 0.1) is 0 Å². The molecule has 7 nitrogen and oxygen atoms in total. The first-order chi connectivity index (χ1) is 10.6. The minimum atomic E-state index is -0.983. The van der Waals surface area contributed by atoms with E-state index in [0.29, 0.717) is 19.4 Å². The fraction of sp³-hybridized carbons (Fsp3) is 0.467. The minimum Gasteiger partial charge on any atom is -0.481 e. The van der Waals surface area contributed by atoms with Crippen molar-refractivity contribution >= 4 is 23.5 Å². The van der Waals surface area contributed by atoms with Crippen LogP contribution in [0.3, 0.4) is 0 Å². The minimum absolute atomic E-state index is 0.0142. The summed E-state index contributed by atoms with van der Waals surface area (Å²) < 4.78 is 0. The van der Waals surface area contributed by atoms with Gasteiger partial charge in [-0.1, -0.05) is 0 Å². The Hall–Kier alpha value is -2.44. The Labute approximate surface area is 127 Å². The van der Waals surface area contributed by atoms with Gasteiger partial charge >= 0.3 is 5.97 Å². The summed E-state index contributed by atoms with van der Waals surface area (Å²) in [7, 11) is 0. The van der Waals surface area contributed by atoms with Crippen molar-refractivity contribution in [1.29, 1.82) is 0 Å². The quantitative estimate of drug-likeness (QED) is 0.882. The van der Waals surface area contributed by atoms with Crippen LogP contribution < -0.4 is 4.90 Å². The molecule has 2 atom stereocenters. The van der Waals surface area contributed by atoms with Crippen molar-refractivity contribution in [2.75, 3.05) is 11.4 Å². The number of amides is 2. The van der Waals surface area contributed by atoms with E-state index in [9.17, 15) is 14.4 Å². The summed E-state index contributed by atoms with van der Waals surface area (Å²) in [5.41, 5.74) is 0.750. The number of hydrogen-bond donors (Lipinski definition) is 1. The number of rotatable bonds is 4. The molecule has 116 valence electrons. The van der Waals surface area contributed by atoms with Crippen LogP contribution in [0.25, 0.3) is 0 Å². The first-order valence-corrected chi connectivity index (χ1v) is 7.31. The van der Waals surface area contributed by atoms with Gasteiger partial charge in [-0.05, 0) is 18.6 Å². The number of anilines is 1. The highest BCUT2D eigenvalue weighted by molar-refractivity contribution is 5.98. The van der Waals surface area contributed by atoms with Crippen LogP contribution in [0.5, 0.6) is 0 Å². The number of aromatic nitrogens is 1. The van der Waals surface area contributed by atoms with E-state index in [-0.39, 0.29) is 36.7 Å². The summed E-state index contributed by atoms with van der Waals surface area (Å²) in [5.74, 6) is -1.18. The molecule has 2 aliphatic heterocycles. The number of carbonyl (C=O) groups is 3. The van der Waals surface area contributed by atoms with E-state index in [1.807, 2.05) is 6.07 Å². The number of carbonyl (C=O) groups excluding carboxylic acids is 2. The van der Waals surface area contributed by atoms with Gasteiger partial charge in [0.15, 0.2) is 0 Å². The molecule has 22 heavy (non-hydrogen) atoms. The molecule has 1 aromatic heterocycles. The Morgan fingerprint density at radius 1 is 1.32 bits per heavy atom. The zero-order chi connectivity index (χ0) is 15.7. The Morgan fingerprint density at radius 3 is 2.82 bits per heavy atom. The van der Waals surface area contributed by atoms with E-state index in [0.717, 1.165) is 5.69 Å². The maximum absolute atomic E-state index is 12.3. The van der Waals surface area contributed by atoms with E-state index in [1.54, 1.807) is 28.3 Å². The number of aliphatic carboxylic acids is 1. The van der Waals surface area contributed by atoms with E-state index in [2.05, 4.69) is 4.98 Å². The highest BCUT2D eigenvalue weighted by Crippen LogP contribution is 2.35. The molecule has 0 bridgehead atoms. The Bertz CT molecular complexity index is 604. The van der Waals surface area contributed by atoms with Crippen LogP contribution in [0.2, 0.25) is 0 Å². The highest BCUT2D eigenvalue weighted by Gasteiger charge is 2.48. The fourth-order valence-corrected chi connectivity index (χ4v) is 3.35. The van der Waals surface area contributed by atoms with Crippen molar-refractivity contribution in [2.24, 2.45) is 0 Å². The third kappa shape index (κ3) is 2.54. The number of hydrogen-bond acceptors (Lipinski definition) is 4. The zero-order valence-corrected chi connectivity index (χ0v) is 12.0.